The Morgan fingerprint density at radius 3 is 2.46 bits per heavy atom. The molecule has 1 aliphatic carbocycles. The summed E-state index contributed by atoms with van der Waals surface area (Å²) in [7, 11) is 0. The van der Waals surface area contributed by atoms with Crippen molar-refractivity contribution < 1.29 is 14.5 Å². The standard InChI is InChI=1S/C21H23NO4/c23-21-9-5-4-8-19(21)20(14-22(24)25)17-10-12-18(13-11-17)26-15-16-6-2-1-3-7-16/h1-3,6-7,10-13,19-20H,4-5,8-9,14-15H2/t19-,20-/m0/s1. The lowest BCUT2D eigenvalue weighted by Crippen LogP contribution is -2.30. The minimum Gasteiger partial charge on any atom is -0.489 e. The fraction of sp³-hybridized carbons (Fsp3) is 0.381. The number of ketones is 1. The number of carbonyl (C=O) groups excluding carboxylic acids is 1. The van der Waals surface area contributed by atoms with E-state index in [0.29, 0.717) is 18.8 Å². The summed E-state index contributed by atoms with van der Waals surface area (Å²) in [5, 5.41) is 11.1. The molecular formula is C21H23NO4. The van der Waals surface area contributed by atoms with Crippen molar-refractivity contribution in [2.24, 2.45) is 5.92 Å². The van der Waals surface area contributed by atoms with Crippen molar-refractivity contribution in [1.29, 1.82) is 0 Å². The molecule has 0 aromatic heterocycles. The number of nitrogens with zero attached hydrogens (tertiary/aromatic N) is 1. The van der Waals surface area contributed by atoms with E-state index in [2.05, 4.69) is 0 Å². The molecule has 0 heterocycles. The molecule has 0 aliphatic heterocycles. The predicted molar refractivity (Wildman–Crippen MR) is 98.8 cm³/mol. The summed E-state index contributed by atoms with van der Waals surface area (Å²) < 4.78 is 5.77. The second kappa shape index (κ2) is 8.61. The molecule has 1 saturated carbocycles. The average molecular weight is 353 g/mol. The molecule has 3 rings (SSSR count). The van der Waals surface area contributed by atoms with Gasteiger partial charge in [-0.15, -0.1) is 0 Å². The van der Waals surface area contributed by atoms with Crippen LogP contribution in [-0.2, 0) is 11.4 Å². The van der Waals surface area contributed by atoms with E-state index in [1.54, 1.807) is 0 Å². The first kappa shape index (κ1) is 18.1. The van der Waals surface area contributed by atoms with E-state index in [4.69, 9.17) is 4.74 Å². The molecule has 26 heavy (non-hydrogen) atoms. The molecular weight excluding hydrogens is 330 g/mol. The van der Waals surface area contributed by atoms with Crippen LogP contribution in [0.4, 0.5) is 0 Å². The molecule has 5 nitrogen and oxygen atoms in total. The zero-order valence-corrected chi connectivity index (χ0v) is 14.7. The van der Waals surface area contributed by atoms with Gasteiger partial charge in [0.05, 0.1) is 5.92 Å². The molecule has 0 N–H and O–H groups in total. The van der Waals surface area contributed by atoms with Gasteiger partial charge in [-0.05, 0) is 36.1 Å². The minimum atomic E-state index is -0.360. The fourth-order valence-electron chi connectivity index (χ4n) is 3.61. The summed E-state index contributed by atoms with van der Waals surface area (Å²) in [5.41, 5.74) is 1.92. The van der Waals surface area contributed by atoms with Gasteiger partial charge in [-0.2, -0.15) is 0 Å². The van der Waals surface area contributed by atoms with Crippen LogP contribution in [0.2, 0.25) is 0 Å². The van der Waals surface area contributed by atoms with Crippen LogP contribution in [0.3, 0.4) is 0 Å². The number of hydrogen-bond donors (Lipinski definition) is 0. The van der Waals surface area contributed by atoms with Crippen LogP contribution >= 0.6 is 0 Å². The van der Waals surface area contributed by atoms with E-state index in [1.165, 1.54) is 0 Å². The van der Waals surface area contributed by atoms with Gasteiger partial charge in [0.1, 0.15) is 18.1 Å². The van der Waals surface area contributed by atoms with Gasteiger partial charge >= 0.3 is 0 Å². The highest BCUT2D eigenvalue weighted by Crippen LogP contribution is 2.34. The number of Topliss-reactive ketones (excluding diaryl/α,β-unsaturated/α-hetero) is 1. The maximum atomic E-state index is 12.3. The third kappa shape index (κ3) is 4.69. The van der Waals surface area contributed by atoms with Gasteiger partial charge in [0, 0.05) is 17.3 Å². The highest BCUT2D eigenvalue weighted by atomic mass is 16.6. The van der Waals surface area contributed by atoms with E-state index in [1.807, 2.05) is 54.6 Å². The van der Waals surface area contributed by atoms with Gasteiger partial charge in [0.25, 0.3) is 0 Å². The van der Waals surface area contributed by atoms with Crippen LogP contribution in [-0.4, -0.2) is 17.3 Å². The first-order valence-corrected chi connectivity index (χ1v) is 9.04. The second-order valence-electron chi connectivity index (χ2n) is 6.78. The summed E-state index contributed by atoms with van der Waals surface area (Å²) in [6, 6.07) is 17.3. The van der Waals surface area contributed by atoms with E-state index < -0.39 is 0 Å². The Balaban J connectivity index is 1.71. The zero-order valence-electron chi connectivity index (χ0n) is 14.7. The molecule has 136 valence electrons. The first-order valence-electron chi connectivity index (χ1n) is 9.04. The number of ether oxygens (including phenoxy) is 1. The van der Waals surface area contributed by atoms with Gasteiger partial charge in [0.2, 0.25) is 6.54 Å². The third-order valence-electron chi connectivity index (χ3n) is 4.99. The van der Waals surface area contributed by atoms with E-state index in [0.717, 1.165) is 30.4 Å². The minimum absolute atomic E-state index is 0.160. The first-order chi connectivity index (χ1) is 12.6. The SMILES string of the molecule is O=C1CCCC[C@H]1[C@@H](C[N+](=O)[O-])c1ccc(OCc2ccccc2)cc1. The second-order valence-corrected chi connectivity index (χ2v) is 6.78. The number of benzene rings is 2. The molecule has 2 aromatic carbocycles. The Morgan fingerprint density at radius 2 is 1.81 bits per heavy atom. The van der Waals surface area contributed by atoms with Gasteiger partial charge in [-0.1, -0.05) is 48.9 Å². The van der Waals surface area contributed by atoms with Crippen molar-refractivity contribution in [2.45, 2.75) is 38.2 Å². The maximum absolute atomic E-state index is 12.3. The van der Waals surface area contributed by atoms with Gasteiger partial charge in [-0.25, -0.2) is 0 Å². The molecule has 0 spiro atoms. The van der Waals surface area contributed by atoms with E-state index in [9.17, 15) is 14.9 Å². The molecule has 2 atom stereocenters. The highest BCUT2D eigenvalue weighted by molar-refractivity contribution is 5.82. The number of hydrogen-bond acceptors (Lipinski definition) is 4. The Kier molecular flexibility index (Phi) is 6.00. The molecule has 5 heteroatoms. The van der Waals surface area contributed by atoms with Gasteiger partial charge in [0.15, 0.2) is 0 Å². The van der Waals surface area contributed by atoms with Crippen molar-refractivity contribution >= 4 is 5.78 Å². The number of rotatable bonds is 7. The van der Waals surface area contributed by atoms with Crippen molar-refractivity contribution in [3.63, 3.8) is 0 Å². The van der Waals surface area contributed by atoms with Crippen LogP contribution < -0.4 is 4.74 Å². The van der Waals surface area contributed by atoms with Crippen molar-refractivity contribution in [3.05, 3.63) is 75.8 Å². The summed E-state index contributed by atoms with van der Waals surface area (Å²) in [6.45, 7) is 0.264. The topological polar surface area (TPSA) is 69.4 Å². The normalized spacial score (nSPS) is 18.3. The molecule has 0 saturated heterocycles. The lowest BCUT2D eigenvalue weighted by molar-refractivity contribution is -0.484. The fourth-order valence-corrected chi connectivity index (χ4v) is 3.61. The quantitative estimate of drug-likeness (QED) is 0.547. The average Bonchev–Trinajstić information content (AvgIpc) is 2.66. The van der Waals surface area contributed by atoms with Crippen LogP contribution in [0.25, 0.3) is 0 Å². The van der Waals surface area contributed by atoms with E-state index in [-0.39, 0.29) is 29.1 Å². The molecule has 0 unspecified atom stereocenters. The third-order valence-corrected chi connectivity index (χ3v) is 4.99. The van der Waals surface area contributed by atoms with E-state index >= 15 is 0 Å². The monoisotopic (exact) mass is 353 g/mol. The Hall–Kier alpha value is -2.69. The Morgan fingerprint density at radius 1 is 1.08 bits per heavy atom. The lowest BCUT2D eigenvalue weighted by atomic mass is 9.76. The van der Waals surface area contributed by atoms with Crippen LogP contribution in [0.5, 0.6) is 5.75 Å². The highest BCUT2D eigenvalue weighted by Gasteiger charge is 2.34. The summed E-state index contributed by atoms with van der Waals surface area (Å²) >= 11 is 0. The maximum Gasteiger partial charge on any atom is 0.211 e. The summed E-state index contributed by atoms with van der Waals surface area (Å²) in [5.74, 6) is 0.270. The molecule has 2 aromatic rings. The zero-order chi connectivity index (χ0) is 18.4. The lowest BCUT2D eigenvalue weighted by Gasteiger charge is -2.27. The summed E-state index contributed by atoms with van der Waals surface area (Å²) in [6.07, 6.45) is 3.14. The van der Waals surface area contributed by atoms with Crippen molar-refractivity contribution in [1.82, 2.24) is 0 Å². The number of nitro groups is 1. The smallest absolute Gasteiger partial charge is 0.211 e. The van der Waals surface area contributed by atoms with Crippen LogP contribution in [0, 0.1) is 16.0 Å². The molecule has 1 fully saturated rings. The van der Waals surface area contributed by atoms with Crippen LogP contribution in [0.1, 0.15) is 42.7 Å². The van der Waals surface area contributed by atoms with Crippen molar-refractivity contribution in [2.75, 3.05) is 6.54 Å². The predicted octanol–water partition coefficient (Wildman–Crippen LogP) is 4.39. The summed E-state index contributed by atoms with van der Waals surface area (Å²) in [4.78, 5) is 23.1. The Labute approximate surface area is 153 Å². The van der Waals surface area contributed by atoms with Gasteiger partial charge in [-0.3, -0.25) is 14.9 Å². The van der Waals surface area contributed by atoms with Gasteiger partial charge < -0.3 is 4.74 Å². The van der Waals surface area contributed by atoms with Crippen molar-refractivity contribution in [3.8, 4) is 5.75 Å². The molecule has 0 bridgehead atoms. The largest absolute Gasteiger partial charge is 0.489 e. The van der Waals surface area contributed by atoms with Crippen LogP contribution in [0.15, 0.2) is 54.6 Å². The molecule has 0 radical (unpaired) electrons. The molecule has 1 aliphatic rings. The number of carbonyl (C=O) groups is 1. The molecule has 0 amide bonds. The Bertz CT molecular complexity index is 742.